The van der Waals surface area contributed by atoms with Gasteiger partial charge in [-0.05, 0) is 43.7 Å². The predicted molar refractivity (Wildman–Crippen MR) is 98.5 cm³/mol. The highest BCUT2D eigenvalue weighted by molar-refractivity contribution is 7.92. The number of ether oxygens (including phenoxy) is 1. The molecule has 2 aromatic carbocycles. The van der Waals surface area contributed by atoms with Gasteiger partial charge in [-0.25, -0.2) is 8.42 Å². The number of Topliss-reactive ketones (excluding diaryl/α,β-unsaturated/α-hetero) is 1. The summed E-state index contributed by atoms with van der Waals surface area (Å²) in [6, 6.07) is 8.06. The summed E-state index contributed by atoms with van der Waals surface area (Å²) in [6.45, 7) is 3.04. The smallest absolute Gasteiger partial charge is 0.480 e. The van der Waals surface area contributed by atoms with Crippen molar-refractivity contribution in [3.05, 3.63) is 59.2 Å². The first-order valence-electron chi connectivity index (χ1n) is 8.92. The van der Waals surface area contributed by atoms with Gasteiger partial charge in [0.2, 0.25) is 5.78 Å². The zero-order chi connectivity index (χ0) is 22.1. The number of carbonyl (C=O) groups excluding carboxylic acids is 2. The molecule has 0 aliphatic carbocycles. The van der Waals surface area contributed by atoms with Crippen LogP contribution in [0.3, 0.4) is 0 Å². The van der Waals surface area contributed by atoms with Gasteiger partial charge in [-0.1, -0.05) is 18.2 Å². The Balaban J connectivity index is 1.88. The first-order chi connectivity index (χ1) is 13.8. The van der Waals surface area contributed by atoms with Crippen molar-refractivity contribution in [2.75, 3.05) is 0 Å². The molecular formula is C20H16F3NO5S. The number of hydrogen-bond acceptors (Lipinski definition) is 5. The minimum atomic E-state index is -5.64. The lowest BCUT2D eigenvalue weighted by Crippen LogP contribution is -2.50. The number of amides is 1. The summed E-state index contributed by atoms with van der Waals surface area (Å²) in [5.74, 6) is -0.969. The maximum absolute atomic E-state index is 13.2. The zero-order valence-corrected chi connectivity index (χ0v) is 16.7. The number of sulfone groups is 1. The second-order valence-electron chi connectivity index (χ2n) is 7.62. The van der Waals surface area contributed by atoms with Crippen molar-refractivity contribution in [2.24, 2.45) is 0 Å². The molecule has 1 unspecified atom stereocenters. The van der Waals surface area contributed by atoms with Gasteiger partial charge in [0.15, 0.2) is 5.60 Å². The summed E-state index contributed by atoms with van der Waals surface area (Å²) >= 11 is 0. The van der Waals surface area contributed by atoms with E-state index in [4.69, 9.17) is 4.74 Å². The van der Waals surface area contributed by atoms with E-state index in [0.717, 1.165) is 18.2 Å². The van der Waals surface area contributed by atoms with Crippen LogP contribution in [0.5, 0.6) is 5.75 Å². The van der Waals surface area contributed by atoms with Crippen LogP contribution < -0.4 is 4.74 Å². The average Bonchev–Trinajstić information content (AvgIpc) is 2.98. The van der Waals surface area contributed by atoms with E-state index in [-0.39, 0.29) is 17.9 Å². The minimum Gasteiger partial charge on any atom is -0.480 e. The Labute approximate surface area is 170 Å². The van der Waals surface area contributed by atoms with Crippen molar-refractivity contribution in [2.45, 2.75) is 42.4 Å². The predicted octanol–water partition coefficient (Wildman–Crippen LogP) is 3.42. The van der Waals surface area contributed by atoms with Gasteiger partial charge in [0.25, 0.3) is 15.7 Å². The minimum absolute atomic E-state index is 0.0504. The fraction of sp³-hybridized carbons (Fsp3) is 0.300. The molecule has 0 radical (unpaired) electrons. The van der Waals surface area contributed by atoms with E-state index < -0.39 is 43.6 Å². The molecular weight excluding hydrogens is 423 g/mol. The first-order valence-corrected chi connectivity index (χ1v) is 10.4. The van der Waals surface area contributed by atoms with E-state index in [0.29, 0.717) is 11.1 Å². The van der Waals surface area contributed by atoms with Gasteiger partial charge in [-0.15, -0.1) is 0 Å². The van der Waals surface area contributed by atoms with Gasteiger partial charge in [0.05, 0.1) is 4.90 Å². The summed E-state index contributed by atoms with van der Waals surface area (Å²) in [4.78, 5) is 26.3. The van der Waals surface area contributed by atoms with E-state index in [1.807, 2.05) is 0 Å². The average molecular weight is 439 g/mol. The fourth-order valence-corrected chi connectivity index (χ4v) is 4.52. The van der Waals surface area contributed by atoms with E-state index in [1.165, 1.54) is 18.7 Å². The van der Waals surface area contributed by atoms with Gasteiger partial charge in [0.1, 0.15) is 11.8 Å². The Morgan fingerprint density at radius 3 is 2.40 bits per heavy atom. The largest absolute Gasteiger partial charge is 0.501 e. The molecule has 2 aliphatic rings. The van der Waals surface area contributed by atoms with Crippen molar-refractivity contribution >= 4 is 21.5 Å². The van der Waals surface area contributed by atoms with Gasteiger partial charge >= 0.3 is 5.51 Å². The molecule has 2 heterocycles. The summed E-state index contributed by atoms with van der Waals surface area (Å²) in [7, 11) is -5.64. The number of fused-ring (bicyclic) bond motifs is 2. The molecule has 0 bridgehead atoms. The van der Waals surface area contributed by atoms with Gasteiger partial charge in [0, 0.05) is 17.7 Å². The standard InChI is InChI=1S/C20H16F3NO5S/c1-19(2)17(25)16(24-10-11-5-3-4-6-13(11)18(24)26)14-9-12(7-8-15(14)29-19)30(27,28)20(21,22)23/h3-9,16H,10H2,1-2H3. The number of carbonyl (C=O) groups is 2. The fourth-order valence-electron chi connectivity index (χ4n) is 3.72. The molecule has 30 heavy (non-hydrogen) atoms. The quantitative estimate of drug-likeness (QED) is 0.717. The Kier molecular flexibility index (Phi) is 4.29. The number of alkyl halides is 3. The molecule has 0 aromatic heterocycles. The third kappa shape index (κ3) is 2.89. The summed E-state index contributed by atoms with van der Waals surface area (Å²) in [6.07, 6.45) is 0. The lowest BCUT2D eigenvalue weighted by molar-refractivity contribution is -0.139. The summed E-state index contributed by atoms with van der Waals surface area (Å²) in [5, 5.41) is 0. The highest BCUT2D eigenvalue weighted by Crippen LogP contribution is 2.44. The lowest BCUT2D eigenvalue weighted by atomic mass is 9.87. The van der Waals surface area contributed by atoms with Crippen LogP contribution in [0.15, 0.2) is 47.4 Å². The Hall–Kier alpha value is -2.88. The summed E-state index contributed by atoms with van der Waals surface area (Å²) < 4.78 is 68.5. The molecule has 0 spiro atoms. The van der Waals surface area contributed by atoms with Crippen LogP contribution in [-0.2, 0) is 21.2 Å². The molecule has 0 fully saturated rings. The zero-order valence-electron chi connectivity index (χ0n) is 15.9. The maximum Gasteiger partial charge on any atom is 0.501 e. The maximum atomic E-state index is 13.2. The van der Waals surface area contributed by atoms with E-state index in [9.17, 15) is 31.2 Å². The van der Waals surface area contributed by atoms with Crippen molar-refractivity contribution in [1.82, 2.24) is 4.90 Å². The molecule has 0 saturated heterocycles. The van der Waals surface area contributed by atoms with Crippen LogP contribution >= 0.6 is 0 Å². The molecule has 1 atom stereocenters. The van der Waals surface area contributed by atoms with Crippen molar-refractivity contribution in [1.29, 1.82) is 0 Å². The topological polar surface area (TPSA) is 80.8 Å². The molecule has 4 rings (SSSR count). The highest BCUT2D eigenvalue weighted by atomic mass is 32.2. The SMILES string of the molecule is CC1(C)Oc2ccc(S(=O)(=O)C(F)(F)F)cc2C(N2Cc3ccccc3C2=O)C1=O. The third-order valence-corrected chi connectivity index (χ3v) is 6.74. The van der Waals surface area contributed by atoms with Crippen LogP contribution in [0.25, 0.3) is 0 Å². The second kappa shape index (κ2) is 6.31. The number of rotatable bonds is 2. The van der Waals surface area contributed by atoms with Crippen LogP contribution in [0.4, 0.5) is 13.2 Å². The first kappa shape index (κ1) is 20.4. The van der Waals surface area contributed by atoms with E-state index in [2.05, 4.69) is 0 Å². The number of halogens is 3. The molecule has 2 aromatic rings. The molecule has 1 amide bonds. The van der Waals surface area contributed by atoms with Gasteiger partial charge in [-0.2, -0.15) is 13.2 Å². The number of nitrogens with zero attached hydrogens (tertiary/aromatic N) is 1. The second-order valence-corrected chi connectivity index (χ2v) is 9.56. The van der Waals surface area contributed by atoms with Crippen molar-refractivity contribution < 1.29 is 35.9 Å². The Morgan fingerprint density at radius 2 is 1.77 bits per heavy atom. The van der Waals surface area contributed by atoms with Crippen molar-refractivity contribution in [3.63, 3.8) is 0 Å². The lowest BCUT2D eigenvalue weighted by Gasteiger charge is -2.39. The van der Waals surface area contributed by atoms with Gasteiger partial charge in [-0.3, -0.25) is 9.59 Å². The summed E-state index contributed by atoms with van der Waals surface area (Å²) in [5.41, 5.74) is -5.91. The third-order valence-electron chi connectivity index (χ3n) is 5.26. The molecule has 6 nitrogen and oxygen atoms in total. The highest BCUT2D eigenvalue weighted by Gasteiger charge is 2.51. The monoisotopic (exact) mass is 439 g/mol. The number of ketones is 1. The van der Waals surface area contributed by atoms with Crippen LogP contribution in [0, 0.1) is 0 Å². The van der Waals surface area contributed by atoms with Crippen LogP contribution in [-0.4, -0.2) is 36.1 Å². The Morgan fingerprint density at radius 1 is 1.10 bits per heavy atom. The molecule has 158 valence electrons. The normalized spacial score (nSPS) is 20.6. The molecule has 2 aliphatic heterocycles. The van der Waals surface area contributed by atoms with Gasteiger partial charge < -0.3 is 9.64 Å². The number of benzene rings is 2. The van der Waals surface area contributed by atoms with Crippen molar-refractivity contribution in [3.8, 4) is 5.75 Å². The molecule has 10 heteroatoms. The van der Waals surface area contributed by atoms with Crippen LogP contribution in [0.2, 0.25) is 0 Å². The van der Waals surface area contributed by atoms with E-state index >= 15 is 0 Å². The van der Waals surface area contributed by atoms with Crippen LogP contribution in [0.1, 0.15) is 41.4 Å². The number of hydrogen-bond donors (Lipinski definition) is 0. The molecule has 0 N–H and O–H groups in total. The molecule has 0 saturated carbocycles. The van der Waals surface area contributed by atoms with E-state index in [1.54, 1.807) is 24.3 Å². The Bertz CT molecular complexity index is 1190.